The Morgan fingerprint density at radius 2 is 1.68 bits per heavy atom. The zero-order chi connectivity index (χ0) is 16.3. The van der Waals surface area contributed by atoms with Gasteiger partial charge in [0.15, 0.2) is 0 Å². The lowest BCUT2D eigenvalue weighted by atomic mass is 10.0. The molecule has 0 spiro atoms. The Morgan fingerprint density at radius 3 is 2.23 bits per heavy atom. The average molecular weight is 318 g/mol. The minimum atomic E-state index is -3.46. The molecule has 0 aromatic heterocycles. The molecule has 0 radical (unpaired) electrons. The first-order valence-electron chi connectivity index (χ1n) is 7.32. The fraction of sp³-hybridized carbons (Fsp3) is 0.294. The van der Waals surface area contributed by atoms with E-state index >= 15 is 0 Å². The van der Waals surface area contributed by atoms with Crippen LogP contribution in [0.4, 0.5) is 5.69 Å². The van der Waals surface area contributed by atoms with Gasteiger partial charge in [0.2, 0.25) is 10.0 Å². The highest BCUT2D eigenvalue weighted by Crippen LogP contribution is 2.25. The van der Waals surface area contributed by atoms with Gasteiger partial charge in [-0.15, -0.1) is 0 Å². The van der Waals surface area contributed by atoms with E-state index in [4.69, 9.17) is 5.73 Å². The molecule has 0 fully saturated rings. The van der Waals surface area contributed by atoms with Gasteiger partial charge in [-0.1, -0.05) is 31.2 Å². The van der Waals surface area contributed by atoms with Crippen LogP contribution in [0.3, 0.4) is 0 Å². The minimum absolute atomic E-state index is 0.0819. The largest absolute Gasteiger partial charge is 0.398 e. The first kappa shape index (κ1) is 16.5. The number of hydrogen-bond donors (Lipinski definition) is 2. The molecule has 0 saturated carbocycles. The van der Waals surface area contributed by atoms with Crippen LogP contribution in [0.5, 0.6) is 0 Å². The van der Waals surface area contributed by atoms with Gasteiger partial charge in [0.1, 0.15) is 0 Å². The lowest BCUT2D eigenvalue weighted by Gasteiger charge is -2.12. The molecule has 4 nitrogen and oxygen atoms in total. The normalized spacial score (nSPS) is 13.0. The Morgan fingerprint density at radius 1 is 1.09 bits per heavy atom. The molecule has 0 amide bonds. The molecule has 22 heavy (non-hydrogen) atoms. The van der Waals surface area contributed by atoms with Crippen LogP contribution in [0.1, 0.15) is 25.8 Å². The summed E-state index contributed by atoms with van der Waals surface area (Å²) in [6.45, 7) is 5.74. The van der Waals surface area contributed by atoms with E-state index in [2.05, 4.69) is 4.72 Å². The first-order valence-corrected chi connectivity index (χ1v) is 8.80. The van der Waals surface area contributed by atoms with Crippen molar-refractivity contribution in [3.8, 4) is 11.1 Å². The van der Waals surface area contributed by atoms with Crippen molar-refractivity contribution in [2.24, 2.45) is 0 Å². The summed E-state index contributed by atoms with van der Waals surface area (Å²) in [5.74, 6) is 0. The summed E-state index contributed by atoms with van der Waals surface area (Å²) >= 11 is 0. The molecule has 5 heteroatoms. The molecule has 118 valence electrons. The molecule has 2 aromatic rings. The summed E-state index contributed by atoms with van der Waals surface area (Å²) in [6, 6.07) is 12.6. The fourth-order valence-electron chi connectivity index (χ4n) is 2.06. The number of sulfonamides is 1. The summed E-state index contributed by atoms with van der Waals surface area (Å²) in [5.41, 5.74) is 9.59. The van der Waals surface area contributed by atoms with E-state index in [9.17, 15) is 8.42 Å². The third-order valence-corrected chi connectivity index (χ3v) is 5.35. The molecule has 0 saturated heterocycles. The molecule has 2 aromatic carbocycles. The maximum absolute atomic E-state index is 12.2. The van der Waals surface area contributed by atoms with Gasteiger partial charge in [-0.3, -0.25) is 0 Å². The molecular formula is C17H22N2O2S. The van der Waals surface area contributed by atoms with Crippen molar-refractivity contribution in [2.75, 3.05) is 5.73 Å². The Kier molecular flexibility index (Phi) is 4.88. The monoisotopic (exact) mass is 318 g/mol. The second-order valence-corrected chi connectivity index (χ2v) is 7.24. The third-order valence-electron chi connectivity index (χ3n) is 3.75. The summed E-state index contributed by atoms with van der Waals surface area (Å²) in [4.78, 5) is 0.275. The number of nitrogens with two attached hydrogens (primary N) is 1. The summed E-state index contributed by atoms with van der Waals surface area (Å²) < 4.78 is 27.1. The molecule has 0 aliphatic heterocycles. The lowest BCUT2D eigenvalue weighted by molar-refractivity contribution is 0.556. The maximum atomic E-state index is 12.2. The van der Waals surface area contributed by atoms with Crippen LogP contribution in [0, 0.1) is 6.92 Å². The van der Waals surface area contributed by atoms with E-state index < -0.39 is 10.0 Å². The summed E-state index contributed by atoms with van der Waals surface area (Å²) in [7, 11) is -3.46. The van der Waals surface area contributed by atoms with E-state index in [0.29, 0.717) is 0 Å². The van der Waals surface area contributed by atoms with Gasteiger partial charge >= 0.3 is 0 Å². The molecule has 0 heterocycles. The van der Waals surface area contributed by atoms with Crippen molar-refractivity contribution in [3.05, 3.63) is 48.0 Å². The number of rotatable bonds is 5. The van der Waals surface area contributed by atoms with Gasteiger partial charge in [0.25, 0.3) is 0 Å². The second-order valence-electron chi connectivity index (χ2n) is 5.53. The lowest BCUT2D eigenvalue weighted by Crippen LogP contribution is -2.31. The van der Waals surface area contributed by atoms with Crippen LogP contribution in [-0.2, 0) is 10.0 Å². The van der Waals surface area contributed by atoms with Crippen LogP contribution in [-0.4, -0.2) is 14.5 Å². The molecule has 2 rings (SSSR count). The van der Waals surface area contributed by atoms with E-state index in [0.717, 1.165) is 28.8 Å². The number of nitrogens with one attached hydrogen (secondary N) is 1. The molecule has 0 bridgehead atoms. The zero-order valence-electron chi connectivity index (χ0n) is 13.1. The average Bonchev–Trinajstić information content (AvgIpc) is 2.49. The van der Waals surface area contributed by atoms with Crippen molar-refractivity contribution in [2.45, 2.75) is 38.1 Å². The van der Waals surface area contributed by atoms with E-state index in [1.54, 1.807) is 24.3 Å². The zero-order valence-corrected chi connectivity index (χ0v) is 13.9. The number of nitrogen functional groups attached to an aromatic ring is 1. The fourth-order valence-corrected chi connectivity index (χ4v) is 3.39. The molecule has 1 unspecified atom stereocenters. The highest BCUT2D eigenvalue weighted by atomic mass is 32.2. The van der Waals surface area contributed by atoms with E-state index in [-0.39, 0.29) is 10.9 Å². The van der Waals surface area contributed by atoms with Gasteiger partial charge in [0.05, 0.1) is 4.90 Å². The maximum Gasteiger partial charge on any atom is 0.240 e. The summed E-state index contributed by atoms with van der Waals surface area (Å²) in [6.07, 6.45) is 0.750. The Balaban J connectivity index is 2.28. The molecule has 0 aliphatic carbocycles. The van der Waals surface area contributed by atoms with Gasteiger partial charge in [-0.25, -0.2) is 13.1 Å². The van der Waals surface area contributed by atoms with E-state index in [1.807, 2.05) is 39.0 Å². The summed E-state index contributed by atoms with van der Waals surface area (Å²) in [5, 5.41) is 0. The van der Waals surface area contributed by atoms with Crippen LogP contribution in [0.2, 0.25) is 0 Å². The second kappa shape index (κ2) is 6.50. The topological polar surface area (TPSA) is 72.2 Å². The predicted octanol–water partition coefficient (Wildman–Crippen LogP) is 3.32. The van der Waals surface area contributed by atoms with Crippen LogP contribution in [0.15, 0.2) is 47.4 Å². The van der Waals surface area contributed by atoms with Crippen LogP contribution in [0.25, 0.3) is 11.1 Å². The van der Waals surface area contributed by atoms with Crippen molar-refractivity contribution < 1.29 is 8.42 Å². The van der Waals surface area contributed by atoms with Crippen molar-refractivity contribution in [1.29, 1.82) is 0 Å². The van der Waals surface area contributed by atoms with Crippen LogP contribution >= 0.6 is 0 Å². The Hall–Kier alpha value is -1.85. The van der Waals surface area contributed by atoms with Gasteiger partial charge < -0.3 is 5.73 Å². The Bertz CT molecular complexity index is 753. The molecule has 3 N–H and O–H groups in total. The van der Waals surface area contributed by atoms with Gasteiger partial charge in [-0.05, 0) is 55.2 Å². The number of hydrogen-bond acceptors (Lipinski definition) is 3. The van der Waals surface area contributed by atoms with E-state index in [1.165, 1.54) is 0 Å². The van der Waals surface area contributed by atoms with Crippen LogP contribution < -0.4 is 10.5 Å². The highest BCUT2D eigenvalue weighted by Gasteiger charge is 2.16. The number of aryl methyl sites for hydroxylation is 1. The number of benzene rings is 2. The SMILES string of the molecule is CCC(C)NS(=O)(=O)c1ccc(-c2ccc(C)c(N)c2)cc1. The minimum Gasteiger partial charge on any atom is -0.398 e. The molecular weight excluding hydrogens is 296 g/mol. The predicted molar refractivity (Wildman–Crippen MR) is 91.1 cm³/mol. The van der Waals surface area contributed by atoms with Crippen molar-refractivity contribution >= 4 is 15.7 Å². The third kappa shape index (κ3) is 3.67. The Labute approximate surface area is 132 Å². The molecule has 0 aliphatic rings. The molecule has 1 atom stereocenters. The van der Waals surface area contributed by atoms with Gasteiger partial charge in [-0.2, -0.15) is 0 Å². The number of anilines is 1. The first-order chi connectivity index (χ1) is 10.3. The van der Waals surface area contributed by atoms with Gasteiger partial charge in [0, 0.05) is 11.7 Å². The highest BCUT2D eigenvalue weighted by molar-refractivity contribution is 7.89. The smallest absolute Gasteiger partial charge is 0.240 e. The standard InChI is InChI=1S/C17H22N2O2S/c1-4-13(3)19-22(20,21)16-9-7-14(8-10-16)15-6-5-12(2)17(18)11-15/h5-11,13,19H,4,18H2,1-3H3. The quantitative estimate of drug-likeness (QED) is 0.831. The van der Waals surface area contributed by atoms with Crippen molar-refractivity contribution in [1.82, 2.24) is 4.72 Å². The van der Waals surface area contributed by atoms with Crippen molar-refractivity contribution in [3.63, 3.8) is 0 Å².